The van der Waals surface area contributed by atoms with Crippen LogP contribution in [0.3, 0.4) is 0 Å². The molecule has 0 unspecified atom stereocenters. The molecule has 0 spiro atoms. The summed E-state index contributed by atoms with van der Waals surface area (Å²) in [6, 6.07) is 1.12. The van der Waals surface area contributed by atoms with Crippen molar-refractivity contribution in [1.82, 2.24) is 0 Å². The summed E-state index contributed by atoms with van der Waals surface area (Å²) in [5, 5.41) is 19.3. The summed E-state index contributed by atoms with van der Waals surface area (Å²) in [6.45, 7) is 0. The van der Waals surface area contributed by atoms with Crippen LogP contribution in [0.5, 0.6) is 11.5 Å². The Morgan fingerprint density at radius 2 is 2.17 bits per heavy atom. The van der Waals surface area contributed by atoms with Gasteiger partial charge in [0.25, 0.3) is 0 Å². The van der Waals surface area contributed by atoms with Crippen molar-refractivity contribution >= 4 is 21.9 Å². The molecule has 0 heterocycles. The number of phenolic OH excluding ortho intramolecular Hbond substituents is 1. The van der Waals surface area contributed by atoms with Crippen molar-refractivity contribution in [2.24, 2.45) is 0 Å². The van der Waals surface area contributed by atoms with Crippen molar-refractivity contribution in [3.8, 4) is 11.5 Å². The number of methoxy groups -OCH3 is 1. The summed E-state index contributed by atoms with van der Waals surface area (Å²) in [7, 11) is 1.33. The third kappa shape index (κ3) is 1.67. The third-order valence-corrected chi connectivity index (χ3v) is 4.05. The summed E-state index contributed by atoms with van der Waals surface area (Å²) in [6.07, 6.45) is 1.33. The number of aromatic hydroxyl groups is 1. The van der Waals surface area contributed by atoms with Gasteiger partial charge in [-0.15, -0.1) is 0 Å². The Balaban J connectivity index is 2.67. The Kier molecular flexibility index (Phi) is 3.23. The zero-order valence-electron chi connectivity index (χ0n) is 9.67. The van der Waals surface area contributed by atoms with Crippen molar-refractivity contribution in [3.05, 3.63) is 21.9 Å². The highest BCUT2D eigenvalue weighted by Gasteiger charge is 2.50. The van der Waals surface area contributed by atoms with Crippen molar-refractivity contribution in [2.45, 2.75) is 24.7 Å². The molecule has 0 aliphatic heterocycles. The fourth-order valence-corrected chi connectivity index (χ4v) is 2.89. The molecule has 0 aromatic heterocycles. The lowest BCUT2D eigenvalue weighted by Gasteiger charge is -2.38. The minimum absolute atomic E-state index is 0.0546. The van der Waals surface area contributed by atoms with E-state index in [-0.39, 0.29) is 15.8 Å². The molecule has 0 bridgehead atoms. The maximum Gasteiger partial charge on any atom is 0.314 e. The molecule has 4 nitrogen and oxygen atoms in total. The van der Waals surface area contributed by atoms with Gasteiger partial charge in [0.2, 0.25) is 0 Å². The standard InChI is InChI=1S/C12H12BrFO4/c1-18-10-6(13)5-7(14)8(9(10)15)12(11(16)17)3-2-4-12/h5,15H,2-4H2,1H3,(H,16,17). The molecule has 1 aliphatic carbocycles. The van der Waals surface area contributed by atoms with E-state index in [9.17, 15) is 19.4 Å². The lowest BCUT2D eigenvalue weighted by Crippen LogP contribution is -2.43. The molecule has 1 fully saturated rings. The minimum Gasteiger partial charge on any atom is -0.504 e. The van der Waals surface area contributed by atoms with E-state index in [1.165, 1.54) is 7.11 Å². The molecule has 2 rings (SSSR count). The number of phenols is 1. The van der Waals surface area contributed by atoms with Crippen LogP contribution in [0.2, 0.25) is 0 Å². The predicted octanol–water partition coefficient (Wildman–Crippen LogP) is 2.81. The number of carboxylic acid groups (broad SMARTS) is 1. The second-order valence-electron chi connectivity index (χ2n) is 4.34. The van der Waals surface area contributed by atoms with Gasteiger partial charge < -0.3 is 14.9 Å². The van der Waals surface area contributed by atoms with Gasteiger partial charge in [-0.25, -0.2) is 4.39 Å². The summed E-state index contributed by atoms with van der Waals surface area (Å²) in [5.41, 5.74) is -1.51. The van der Waals surface area contributed by atoms with Crippen LogP contribution in [0, 0.1) is 5.82 Å². The van der Waals surface area contributed by atoms with E-state index >= 15 is 0 Å². The van der Waals surface area contributed by atoms with Crippen LogP contribution in [0.25, 0.3) is 0 Å². The van der Waals surface area contributed by atoms with Crippen LogP contribution in [-0.4, -0.2) is 23.3 Å². The molecule has 0 saturated heterocycles. The molecule has 6 heteroatoms. The SMILES string of the molecule is COc1c(Br)cc(F)c(C2(C(=O)O)CCC2)c1O. The lowest BCUT2D eigenvalue weighted by molar-refractivity contribution is -0.147. The zero-order valence-corrected chi connectivity index (χ0v) is 11.3. The van der Waals surface area contributed by atoms with Crippen LogP contribution in [0.4, 0.5) is 4.39 Å². The molecular weight excluding hydrogens is 307 g/mol. The topological polar surface area (TPSA) is 66.8 Å². The number of aliphatic carboxylic acids is 1. The molecule has 1 aliphatic rings. The van der Waals surface area contributed by atoms with Gasteiger partial charge in [0.1, 0.15) is 5.82 Å². The summed E-state index contributed by atoms with van der Waals surface area (Å²) in [5.74, 6) is -2.24. The summed E-state index contributed by atoms with van der Waals surface area (Å²) >= 11 is 3.06. The van der Waals surface area contributed by atoms with Gasteiger partial charge in [0.05, 0.1) is 22.6 Å². The third-order valence-electron chi connectivity index (χ3n) is 3.46. The highest BCUT2D eigenvalue weighted by atomic mass is 79.9. The van der Waals surface area contributed by atoms with E-state index in [4.69, 9.17) is 4.74 Å². The average Bonchev–Trinajstić information content (AvgIpc) is 2.20. The van der Waals surface area contributed by atoms with Crippen LogP contribution in [0.1, 0.15) is 24.8 Å². The smallest absolute Gasteiger partial charge is 0.314 e. The van der Waals surface area contributed by atoms with Crippen molar-refractivity contribution in [1.29, 1.82) is 0 Å². The van der Waals surface area contributed by atoms with Crippen LogP contribution in [0.15, 0.2) is 10.5 Å². The van der Waals surface area contributed by atoms with Crippen molar-refractivity contribution in [2.75, 3.05) is 7.11 Å². The maximum atomic E-state index is 14.0. The quantitative estimate of drug-likeness (QED) is 0.899. The first-order chi connectivity index (χ1) is 8.44. The molecular formula is C12H12BrFO4. The number of hydrogen-bond acceptors (Lipinski definition) is 3. The Morgan fingerprint density at radius 3 is 2.56 bits per heavy atom. The van der Waals surface area contributed by atoms with Gasteiger partial charge in [0.15, 0.2) is 11.5 Å². The molecule has 1 saturated carbocycles. The number of halogens is 2. The number of rotatable bonds is 3. The predicted molar refractivity (Wildman–Crippen MR) is 65.5 cm³/mol. The minimum atomic E-state index is -1.33. The van der Waals surface area contributed by atoms with Gasteiger partial charge in [0, 0.05) is 0 Å². The molecule has 2 N–H and O–H groups in total. The van der Waals surface area contributed by atoms with Gasteiger partial charge in [-0.3, -0.25) is 4.79 Å². The van der Waals surface area contributed by atoms with E-state index in [0.717, 1.165) is 6.07 Å². The van der Waals surface area contributed by atoms with Gasteiger partial charge in [-0.1, -0.05) is 6.42 Å². The fraction of sp³-hybridized carbons (Fsp3) is 0.417. The number of ether oxygens (including phenoxy) is 1. The Morgan fingerprint density at radius 1 is 1.56 bits per heavy atom. The highest BCUT2D eigenvalue weighted by Crippen LogP contribution is 2.52. The van der Waals surface area contributed by atoms with Crippen LogP contribution < -0.4 is 4.74 Å². The Bertz CT molecular complexity index is 511. The second-order valence-corrected chi connectivity index (χ2v) is 5.19. The number of carboxylic acids is 1. The molecule has 18 heavy (non-hydrogen) atoms. The van der Waals surface area contributed by atoms with E-state index in [0.29, 0.717) is 19.3 Å². The van der Waals surface area contributed by atoms with E-state index < -0.39 is 23.0 Å². The van der Waals surface area contributed by atoms with E-state index in [1.807, 2.05) is 0 Å². The molecule has 0 atom stereocenters. The zero-order chi connectivity index (χ0) is 13.5. The summed E-state index contributed by atoms with van der Waals surface area (Å²) in [4.78, 5) is 11.4. The number of carbonyl (C=O) groups is 1. The molecule has 1 aromatic rings. The van der Waals surface area contributed by atoms with E-state index in [1.54, 1.807) is 0 Å². The first-order valence-corrected chi connectivity index (χ1v) is 6.22. The number of benzene rings is 1. The Labute approximate surface area is 112 Å². The normalized spacial score (nSPS) is 17.1. The van der Waals surface area contributed by atoms with Crippen LogP contribution in [-0.2, 0) is 10.2 Å². The van der Waals surface area contributed by atoms with E-state index in [2.05, 4.69) is 15.9 Å². The highest BCUT2D eigenvalue weighted by molar-refractivity contribution is 9.10. The van der Waals surface area contributed by atoms with Gasteiger partial charge >= 0.3 is 5.97 Å². The van der Waals surface area contributed by atoms with Gasteiger partial charge in [-0.2, -0.15) is 0 Å². The lowest BCUT2D eigenvalue weighted by atomic mass is 9.64. The first-order valence-electron chi connectivity index (χ1n) is 5.43. The summed E-state index contributed by atoms with van der Waals surface area (Å²) < 4.78 is 19.2. The van der Waals surface area contributed by atoms with Gasteiger partial charge in [-0.05, 0) is 34.8 Å². The molecule has 98 valence electrons. The van der Waals surface area contributed by atoms with Crippen LogP contribution >= 0.6 is 15.9 Å². The maximum absolute atomic E-state index is 14.0. The monoisotopic (exact) mass is 318 g/mol. The second kappa shape index (κ2) is 4.42. The number of hydrogen-bond donors (Lipinski definition) is 2. The van der Waals surface area contributed by atoms with Crippen molar-refractivity contribution < 1.29 is 24.1 Å². The molecule has 0 radical (unpaired) electrons. The molecule has 0 amide bonds. The fourth-order valence-electron chi connectivity index (χ4n) is 2.34. The molecule has 1 aromatic carbocycles. The van der Waals surface area contributed by atoms with Crippen molar-refractivity contribution in [3.63, 3.8) is 0 Å². The average molecular weight is 319 g/mol. The first kappa shape index (κ1) is 13.1. The Hall–Kier alpha value is -1.30. The largest absolute Gasteiger partial charge is 0.504 e.